The van der Waals surface area contributed by atoms with Gasteiger partial charge in [0.2, 0.25) is 0 Å². The van der Waals surface area contributed by atoms with Crippen LogP contribution in [0, 0.1) is 5.92 Å². The van der Waals surface area contributed by atoms with Crippen molar-refractivity contribution in [2.75, 3.05) is 20.8 Å². The van der Waals surface area contributed by atoms with Crippen molar-refractivity contribution in [1.29, 1.82) is 0 Å². The summed E-state index contributed by atoms with van der Waals surface area (Å²) in [4.78, 5) is 12.1. The Labute approximate surface area is 178 Å². The highest BCUT2D eigenvalue weighted by Gasteiger charge is 2.24. The summed E-state index contributed by atoms with van der Waals surface area (Å²) in [6.07, 6.45) is 5.93. The summed E-state index contributed by atoms with van der Waals surface area (Å²) in [5.74, 6) is 1.75. The lowest BCUT2D eigenvalue weighted by Gasteiger charge is -2.29. The topological polar surface area (TPSA) is 90.3 Å². The van der Waals surface area contributed by atoms with Crippen LogP contribution in [0.4, 0.5) is 0 Å². The van der Waals surface area contributed by atoms with Crippen molar-refractivity contribution in [3.63, 3.8) is 0 Å². The molecular formula is C22H33N5O3. The van der Waals surface area contributed by atoms with Crippen molar-refractivity contribution < 1.29 is 14.3 Å². The Morgan fingerprint density at radius 1 is 1.17 bits per heavy atom. The number of amides is 1. The number of methoxy groups -OCH3 is 2. The summed E-state index contributed by atoms with van der Waals surface area (Å²) >= 11 is 0. The fourth-order valence-corrected chi connectivity index (χ4v) is 3.74. The maximum Gasteiger partial charge on any atom is 0.273 e. The third kappa shape index (κ3) is 5.72. The number of benzene rings is 1. The van der Waals surface area contributed by atoms with Crippen LogP contribution in [0.15, 0.2) is 24.4 Å². The Morgan fingerprint density at radius 2 is 1.90 bits per heavy atom. The molecule has 0 unspecified atom stereocenters. The summed E-state index contributed by atoms with van der Waals surface area (Å²) in [5, 5.41) is 14.8. The predicted octanol–water partition coefficient (Wildman–Crippen LogP) is 2.95. The number of nitrogens with zero attached hydrogens (tertiary/aromatic N) is 3. The van der Waals surface area contributed by atoms with Crippen molar-refractivity contribution in [2.45, 2.75) is 58.2 Å². The number of aromatic nitrogens is 3. The number of hydrogen-bond donors (Lipinski definition) is 2. The van der Waals surface area contributed by atoms with Crippen LogP contribution < -0.4 is 20.1 Å². The first kappa shape index (κ1) is 22.1. The van der Waals surface area contributed by atoms with E-state index in [2.05, 4.69) is 40.9 Å². The van der Waals surface area contributed by atoms with E-state index in [1.807, 2.05) is 16.8 Å². The highest BCUT2D eigenvalue weighted by atomic mass is 16.5. The first-order chi connectivity index (χ1) is 14.5. The third-order valence-corrected chi connectivity index (χ3v) is 5.53. The second-order valence-corrected chi connectivity index (χ2v) is 8.26. The molecule has 0 saturated heterocycles. The number of hydrogen-bond acceptors (Lipinski definition) is 6. The van der Waals surface area contributed by atoms with Crippen LogP contribution in [0.1, 0.15) is 61.6 Å². The maximum atomic E-state index is 12.1. The van der Waals surface area contributed by atoms with Gasteiger partial charge in [0, 0.05) is 19.1 Å². The van der Waals surface area contributed by atoms with E-state index in [1.165, 1.54) is 5.56 Å². The predicted molar refractivity (Wildman–Crippen MR) is 115 cm³/mol. The molecule has 30 heavy (non-hydrogen) atoms. The zero-order valence-corrected chi connectivity index (χ0v) is 18.4. The molecule has 0 bridgehead atoms. The van der Waals surface area contributed by atoms with Crippen LogP contribution in [-0.4, -0.2) is 47.7 Å². The minimum Gasteiger partial charge on any atom is -0.493 e. The minimum absolute atomic E-state index is 0.153. The molecule has 0 aliphatic heterocycles. The SMILES string of the molecule is COc1ccc(CNC2CCC(n3cc(C(=O)NCC(C)C)nn3)CC2)cc1OC. The van der Waals surface area contributed by atoms with Gasteiger partial charge in [0.15, 0.2) is 17.2 Å². The normalized spacial score (nSPS) is 19.0. The minimum atomic E-state index is -0.153. The zero-order chi connectivity index (χ0) is 21.5. The van der Waals surface area contributed by atoms with Gasteiger partial charge in [0.25, 0.3) is 5.91 Å². The molecule has 0 radical (unpaired) electrons. The van der Waals surface area contributed by atoms with Crippen molar-refractivity contribution in [2.24, 2.45) is 5.92 Å². The monoisotopic (exact) mass is 415 g/mol. The molecule has 2 N–H and O–H groups in total. The molecule has 8 heteroatoms. The number of ether oxygens (including phenoxy) is 2. The van der Waals surface area contributed by atoms with Gasteiger partial charge in [-0.2, -0.15) is 0 Å². The van der Waals surface area contributed by atoms with Gasteiger partial charge in [-0.05, 0) is 49.3 Å². The fraction of sp³-hybridized carbons (Fsp3) is 0.591. The molecule has 1 heterocycles. The van der Waals surface area contributed by atoms with E-state index < -0.39 is 0 Å². The summed E-state index contributed by atoms with van der Waals surface area (Å²) in [5.41, 5.74) is 1.56. The van der Waals surface area contributed by atoms with Gasteiger partial charge in [-0.3, -0.25) is 4.79 Å². The molecule has 0 spiro atoms. The summed E-state index contributed by atoms with van der Waals surface area (Å²) in [7, 11) is 3.30. The van der Waals surface area contributed by atoms with Crippen LogP contribution in [0.25, 0.3) is 0 Å². The van der Waals surface area contributed by atoms with Crippen LogP contribution >= 0.6 is 0 Å². The molecular weight excluding hydrogens is 382 g/mol. The maximum absolute atomic E-state index is 12.1. The van der Waals surface area contributed by atoms with E-state index in [0.717, 1.165) is 43.7 Å². The number of carbonyl (C=O) groups is 1. The molecule has 1 amide bonds. The lowest BCUT2D eigenvalue weighted by Crippen LogP contribution is -2.33. The number of rotatable bonds is 9. The van der Waals surface area contributed by atoms with Crippen molar-refractivity contribution >= 4 is 5.91 Å². The Hall–Kier alpha value is -2.61. The smallest absolute Gasteiger partial charge is 0.273 e. The Kier molecular flexibility index (Phi) is 7.68. The Morgan fingerprint density at radius 3 is 2.57 bits per heavy atom. The van der Waals surface area contributed by atoms with E-state index >= 15 is 0 Å². The van der Waals surface area contributed by atoms with Gasteiger partial charge in [-0.15, -0.1) is 5.10 Å². The van der Waals surface area contributed by atoms with Gasteiger partial charge in [0.05, 0.1) is 26.5 Å². The van der Waals surface area contributed by atoms with E-state index in [0.29, 0.717) is 30.2 Å². The summed E-state index contributed by atoms with van der Waals surface area (Å²) in [6, 6.07) is 6.77. The van der Waals surface area contributed by atoms with Crippen LogP contribution in [0.5, 0.6) is 11.5 Å². The molecule has 1 aromatic heterocycles. The van der Waals surface area contributed by atoms with Crippen LogP contribution in [0.2, 0.25) is 0 Å². The molecule has 1 aliphatic rings. The molecule has 3 rings (SSSR count). The highest BCUT2D eigenvalue weighted by Crippen LogP contribution is 2.29. The van der Waals surface area contributed by atoms with Gasteiger partial charge in [-0.1, -0.05) is 25.1 Å². The molecule has 1 fully saturated rings. The third-order valence-electron chi connectivity index (χ3n) is 5.53. The summed E-state index contributed by atoms with van der Waals surface area (Å²) < 4.78 is 12.5. The molecule has 2 aromatic rings. The Bertz CT molecular complexity index is 828. The molecule has 0 atom stereocenters. The van der Waals surface area contributed by atoms with Crippen molar-refractivity contribution in [1.82, 2.24) is 25.6 Å². The second kappa shape index (κ2) is 10.4. The molecule has 1 aromatic carbocycles. The average Bonchev–Trinajstić information content (AvgIpc) is 3.26. The lowest BCUT2D eigenvalue weighted by atomic mass is 9.91. The second-order valence-electron chi connectivity index (χ2n) is 8.26. The highest BCUT2D eigenvalue weighted by molar-refractivity contribution is 5.91. The molecule has 164 valence electrons. The van der Waals surface area contributed by atoms with Crippen molar-refractivity contribution in [3.05, 3.63) is 35.7 Å². The van der Waals surface area contributed by atoms with Gasteiger partial charge < -0.3 is 20.1 Å². The van der Waals surface area contributed by atoms with Crippen LogP contribution in [0.3, 0.4) is 0 Å². The van der Waals surface area contributed by atoms with Crippen molar-refractivity contribution in [3.8, 4) is 11.5 Å². The largest absolute Gasteiger partial charge is 0.493 e. The lowest BCUT2D eigenvalue weighted by molar-refractivity contribution is 0.0944. The molecule has 1 saturated carbocycles. The number of nitrogens with one attached hydrogen (secondary N) is 2. The first-order valence-corrected chi connectivity index (χ1v) is 10.6. The van der Waals surface area contributed by atoms with Gasteiger partial charge in [0.1, 0.15) is 0 Å². The van der Waals surface area contributed by atoms with Crippen LogP contribution in [-0.2, 0) is 6.54 Å². The Balaban J connectivity index is 1.47. The standard InChI is InChI=1S/C22H33N5O3/c1-15(2)12-24-22(28)19-14-27(26-25-19)18-8-6-17(7-9-18)23-13-16-5-10-20(29-3)21(11-16)30-4/h5,10-11,14-15,17-18,23H,6-9,12-13H2,1-4H3,(H,24,28). The van der Waals surface area contributed by atoms with E-state index in [4.69, 9.17) is 9.47 Å². The molecule has 8 nitrogen and oxygen atoms in total. The quantitative estimate of drug-likeness (QED) is 0.654. The first-order valence-electron chi connectivity index (χ1n) is 10.6. The van der Waals surface area contributed by atoms with Gasteiger partial charge in [-0.25, -0.2) is 4.68 Å². The van der Waals surface area contributed by atoms with E-state index in [9.17, 15) is 4.79 Å². The molecule has 1 aliphatic carbocycles. The van der Waals surface area contributed by atoms with E-state index in [-0.39, 0.29) is 5.91 Å². The van der Waals surface area contributed by atoms with E-state index in [1.54, 1.807) is 20.4 Å². The zero-order valence-electron chi connectivity index (χ0n) is 18.4. The average molecular weight is 416 g/mol. The fourth-order valence-electron chi connectivity index (χ4n) is 3.74. The number of carbonyl (C=O) groups excluding carboxylic acids is 1. The summed E-state index contributed by atoms with van der Waals surface area (Å²) in [6.45, 7) is 5.56. The van der Waals surface area contributed by atoms with Gasteiger partial charge >= 0.3 is 0 Å².